The molecule has 1 rings (SSSR count). The predicted octanol–water partition coefficient (Wildman–Crippen LogP) is 0.573. The molecule has 1 atom stereocenters. The summed E-state index contributed by atoms with van der Waals surface area (Å²) < 4.78 is 22.4. The lowest BCUT2D eigenvalue weighted by Crippen LogP contribution is -2.68. The zero-order valence-electron chi connectivity index (χ0n) is 13.5. The first kappa shape index (κ1) is 17.9. The molecule has 0 aliphatic carbocycles. The number of carbonyl (C=O) groups excluding carboxylic acids is 2. The Morgan fingerprint density at radius 1 is 1.29 bits per heavy atom. The van der Waals surface area contributed by atoms with Gasteiger partial charge in [-0.25, -0.2) is 8.42 Å². The van der Waals surface area contributed by atoms with Gasteiger partial charge in [-0.1, -0.05) is 13.8 Å². The van der Waals surface area contributed by atoms with Crippen molar-refractivity contribution < 1.29 is 18.0 Å². The van der Waals surface area contributed by atoms with E-state index in [9.17, 15) is 18.0 Å². The van der Waals surface area contributed by atoms with Crippen LogP contribution in [0, 0.1) is 5.92 Å². The largest absolute Gasteiger partial charge is 0.342 e. The predicted molar refractivity (Wildman–Crippen MR) is 81.5 cm³/mol. The fraction of sp³-hybridized carbons (Fsp3) is 0.857. The topological polar surface area (TPSA) is 83.6 Å². The van der Waals surface area contributed by atoms with Crippen LogP contribution in [0.2, 0.25) is 0 Å². The van der Waals surface area contributed by atoms with Crippen LogP contribution >= 0.6 is 0 Å². The third kappa shape index (κ3) is 4.69. The van der Waals surface area contributed by atoms with Crippen molar-refractivity contribution in [3.63, 3.8) is 0 Å². The third-order valence-corrected chi connectivity index (χ3v) is 4.73. The Bertz CT molecular complexity index is 511. The van der Waals surface area contributed by atoms with Gasteiger partial charge in [0.2, 0.25) is 11.8 Å². The summed E-state index contributed by atoms with van der Waals surface area (Å²) in [5, 5.41) is 2.78. The minimum Gasteiger partial charge on any atom is -0.342 e. The van der Waals surface area contributed by atoms with E-state index in [-0.39, 0.29) is 24.1 Å². The minimum atomic E-state index is -3.06. The first-order chi connectivity index (χ1) is 9.45. The molecule has 1 N–H and O–H groups in total. The average molecular weight is 318 g/mol. The van der Waals surface area contributed by atoms with Gasteiger partial charge in [-0.2, -0.15) is 0 Å². The highest BCUT2D eigenvalue weighted by atomic mass is 32.2. The van der Waals surface area contributed by atoms with Gasteiger partial charge in [0, 0.05) is 12.8 Å². The highest BCUT2D eigenvalue weighted by Gasteiger charge is 2.45. The van der Waals surface area contributed by atoms with Gasteiger partial charge in [-0.15, -0.1) is 0 Å². The highest BCUT2D eigenvalue weighted by molar-refractivity contribution is 7.90. The molecule has 1 saturated heterocycles. The molecule has 21 heavy (non-hydrogen) atoms. The smallest absolute Gasteiger partial charge is 0.246 e. The molecule has 6 nitrogen and oxygen atoms in total. The van der Waals surface area contributed by atoms with E-state index in [1.165, 1.54) is 11.2 Å². The summed E-state index contributed by atoms with van der Waals surface area (Å²) in [6.07, 6.45) is 2.10. The fourth-order valence-corrected chi connectivity index (χ4v) is 3.14. The number of hydrogen-bond acceptors (Lipinski definition) is 4. The second kappa shape index (κ2) is 6.34. The van der Waals surface area contributed by atoms with Crippen LogP contribution in [0.4, 0.5) is 0 Å². The van der Waals surface area contributed by atoms with Crippen LogP contribution in [0.15, 0.2) is 0 Å². The van der Waals surface area contributed by atoms with Crippen molar-refractivity contribution in [2.75, 3.05) is 18.6 Å². The summed E-state index contributed by atoms with van der Waals surface area (Å²) >= 11 is 0. The molecule has 0 radical (unpaired) electrons. The van der Waals surface area contributed by atoms with E-state index in [1.807, 2.05) is 13.8 Å². The lowest BCUT2D eigenvalue weighted by Gasteiger charge is -2.44. The van der Waals surface area contributed by atoms with Gasteiger partial charge >= 0.3 is 0 Å². The second-order valence-electron chi connectivity index (χ2n) is 6.69. The summed E-state index contributed by atoms with van der Waals surface area (Å²) in [6.45, 7) is 7.64. The van der Waals surface area contributed by atoms with Crippen molar-refractivity contribution in [2.45, 2.75) is 52.1 Å². The number of sulfone groups is 1. The van der Waals surface area contributed by atoms with E-state index in [1.54, 1.807) is 13.8 Å². The van der Waals surface area contributed by atoms with E-state index >= 15 is 0 Å². The molecular formula is C14H26N2O4S. The SMILES string of the molecule is CC(C)CC1NC(=O)C(C)(C)N(CCCS(C)(=O)=O)C1=O. The number of rotatable bonds is 6. The Labute approximate surface area is 127 Å². The fourth-order valence-electron chi connectivity index (χ4n) is 2.49. The van der Waals surface area contributed by atoms with Crippen LogP contribution in [-0.2, 0) is 19.4 Å². The maximum atomic E-state index is 12.5. The summed E-state index contributed by atoms with van der Waals surface area (Å²) in [4.78, 5) is 26.3. The summed E-state index contributed by atoms with van der Waals surface area (Å²) in [5.74, 6) is -0.00389. The molecule has 122 valence electrons. The lowest BCUT2D eigenvalue weighted by atomic mass is 9.92. The Morgan fingerprint density at radius 2 is 1.86 bits per heavy atom. The quantitative estimate of drug-likeness (QED) is 0.776. The number of piperazine rings is 1. The van der Waals surface area contributed by atoms with Crippen molar-refractivity contribution in [3.05, 3.63) is 0 Å². The summed E-state index contributed by atoms with van der Waals surface area (Å²) in [7, 11) is -3.06. The molecule has 7 heteroatoms. The maximum Gasteiger partial charge on any atom is 0.246 e. The zero-order valence-corrected chi connectivity index (χ0v) is 14.3. The Balaban J connectivity index is 2.84. The maximum absolute atomic E-state index is 12.5. The molecule has 1 aliphatic heterocycles. The molecule has 0 aromatic rings. The Morgan fingerprint density at radius 3 is 2.33 bits per heavy atom. The molecule has 0 aromatic carbocycles. The van der Waals surface area contributed by atoms with Crippen LogP contribution in [0.1, 0.15) is 40.5 Å². The highest BCUT2D eigenvalue weighted by Crippen LogP contribution is 2.23. The molecule has 1 unspecified atom stereocenters. The van der Waals surface area contributed by atoms with E-state index in [0.29, 0.717) is 18.8 Å². The number of carbonyl (C=O) groups is 2. The molecule has 1 aliphatic rings. The van der Waals surface area contributed by atoms with Crippen LogP contribution in [0.25, 0.3) is 0 Å². The van der Waals surface area contributed by atoms with Gasteiger partial charge < -0.3 is 10.2 Å². The molecule has 0 saturated carbocycles. The van der Waals surface area contributed by atoms with E-state index in [0.717, 1.165) is 0 Å². The minimum absolute atomic E-state index is 0.0172. The average Bonchev–Trinajstić information content (AvgIpc) is 2.29. The van der Waals surface area contributed by atoms with Gasteiger partial charge in [0.15, 0.2) is 0 Å². The standard InChI is InChI=1S/C14H26N2O4S/c1-10(2)9-11-12(17)16(7-6-8-21(5,19)20)14(3,4)13(18)15-11/h10-11H,6-9H2,1-5H3,(H,15,18). The van der Waals surface area contributed by atoms with Gasteiger partial charge in [0.1, 0.15) is 21.4 Å². The number of nitrogens with zero attached hydrogens (tertiary/aromatic N) is 1. The van der Waals surface area contributed by atoms with Crippen LogP contribution in [0.5, 0.6) is 0 Å². The zero-order chi connectivity index (χ0) is 16.4. The first-order valence-corrected chi connectivity index (χ1v) is 9.31. The number of amides is 2. The van der Waals surface area contributed by atoms with Gasteiger partial charge in [-0.3, -0.25) is 9.59 Å². The molecule has 0 spiro atoms. The van der Waals surface area contributed by atoms with E-state index in [4.69, 9.17) is 0 Å². The third-order valence-electron chi connectivity index (χ3n) is 3.70. The summed E-state index contributed by atoms with van der Waals surface area (Å²) in [5.41, 5.74) is -0.942. The molecule has 2 amide bonds. The number of nitrogens with one attached hydrogen (secondary N) is 1. The molecule has 0 bridgehead atoms. The normalized spacial score (nSPS) is 22.6. The van der Waals surface area contributed by atoms with Gasteiger partial charge in [-0.05, 0) is 32.6 Å². The Kier molecular flexibility index (Phi) is 5.41. The van der Waals surface area contributed by atoms with Crippen molar-refractivity contribution in [2.24, 2.45) is 5.92 Å². The van der Waals surface area contributed by atoms with Gasteiger partial charge in [0.25, 0.3) is 0 Å². The Hall–Kier alpha value is -1.11. The molecule has 1 heterocycles. The van der Waals surface area contributed by atoms with Crippen LogP contribution in [0.3, 0.4) is 0 Å². The van der Waals surface area contributed by atoms with E-state index < -0.39 is 21.4 Å². The van der Waals surface area contributed by atoms with Crippen molar-refractivity contribution >= 4 is 21.7 Å². The molecule has 1 fully saturated rings. The van der Waals surface area contributed by atoms with Crippen molar-refractivity contribution in [1.29, 1.82) is 0 Å². The molecular weight excluding hydrogens is 292 g/mol. The van der Waals surface area contributed by atoms with Crippen molar-refractivity contribution in [3.8, 4) is 0 Å². The summed E-state index contributed by atoms with van der Waals surface area (Å²) in [6, 6.07) is -0.510. The lowest BCUT2D eigenvalue weighted by molar-refractivity contribution is -0.155. The monoisotopic (exact) mass is 318 g/mol. The first-order valence-electron chi connectivity index (χ1n) is 7.25. The van der Waals surface area contributed by atoms with E-state index in [2.05, 4.69) is 5.32 Å². The second-order valence-corrected chi connectivity index (χ2v) is 8.95. The molecule has 0 aromatic heterocycles. The van der Waals surface area contributed by atoms with Gasteiger partial charge in [0.05, 0.1) is 5.75 Å². The number of hydrogen-bond donors (Lipinski definition) is 1. The van der Waals surface area contributed by atoms with Crippen LogP contribution < -0.4 is 5.32 Å². The van der Waals surface area contributed by atoms with Crippen molar-refractivity contribution in [1.82, 2.24) is 10.2 Å². The van der Waals surface area contributed by atoms with Crippen LogP contribution in [-0.4, -0.2) is 55.3 Å².